The molecule has 0 aliphatic carbocycles. The summed E-state index contributed by atoms with van der Waals surface area (Å²) in [5.41, 5.74) is 2.67. The van der Waals surface area contributed by atoms with Crippen molar-refractivity contribution in [3.05, 3.63) is 131 Å². The average Bonchev–Trinajstić information content (AvgIpc) is 3.66. The summed E-state index contributed by atoms with van der Waals surface area (Å²) in [4.78, 5) is 30.5. The molecule has 3 N–H and O–H groups in total. The van der Waals surface area contributed by atoms with Crippen LogP contribution in [0.1, 0.15) is 33.9 Å². The van der Waals surface area contributed by atoms with E-state index >= 15 is 0 Å². The van der Waals surface area contributed by atoms with Gasteiger partial charge in [-0.15, -0.1) is 0 Å². The Bertz CT molecular complexity index is 1820. The number of anilines is 2. The molecule has 0 spiro atoms. The number of pyridine rings is 1. The Hall–Kier alpha value is -5.19. The monoisotopic (exact) mass is 624 g/mol. The minimum atomic E-state index is -1.07. The van der Waals surface area contributed by atoms with E-state index in [0.29, 0.717) is 38.7 Å². The van der Waals surface area contributed by atoms with E-state index in [1.54, 1.807) is 36.5 Å². The fourth-order valence-corrected chi connectivity index (χ4v) is 5.55. The summed E-state index contributed by atoms with van der Waals surface area (Å²) in [7, 11) is 0. The summed E-state index contributed by atoms with van der Waals surface area (Å²) < 4.78 is 11.9. The number of nitrogens with one attached hydrogen (secondary N) is 2. The van der Waals surface area contributed by atoms with Crippen LogP contribution >= 0.6 is 23.8 Å². The number of ether oxygens (including phenoxy) is 1. The molecule has 0 bridgehead atoms. The molecule has 2 aromatic heterocycles. The molecule has 0 unspecified atom stereocenters. The van der Waals surface area contributed by atoms with E-state index in [2.05, 4.69) is 15.6 Å². The van der Waals surface area contributed by atoms with Crippen molar-refractivity contribution in [3.8, 4) is 17.1 Å². The van der Waals surface area contributed by atoms with E-state index in [1.165, 1.54) is 18.2 Å². The number of carbonyl (C=O) groups excluding carboxylic acids is 1. The number of hydrogen-bond donors (Lipinski definition) is 3. The van der Waals surface area contributed by atoms with Crippen LogP contribution in [0.2, 0.25) is 5.02 Å². The third-order valence-electron chi connectivity index (χ3n) is 7.04. The zero-order valence-corrected chi connectivity index (χ0v) is 24.6. The maximum atomic E-state index is 12.5. The minimum absolute atomic E-state index is 0.0952. The predicted octanol–water partition coefficient (Wildman–Crippen LogP) is 6.89. The smallest absolute Gasteiger partial charge is 0.335 e. The van der Waals surface area contributed by atoms with Crippen LogP contribution in [0.15, 0.2) is 114 Å². The minimum Gasteiger partial charge on any atom is -0.484 e. The molecule has 220 valence electrons. The van der Waals surface area contributed by atoms with E-state index in [9.17, 15) is 14.7 Å². The summed E-state index contributed by atoms with van der Waals surface area (Å²) in [6, 6.07) is 29.3. The highest BCUT2D eigenvalue weighted by atomic mass is 35.5. The topological polar surface area (TPSA) is 117 Å². The van der Waals surface area contributed by atoms with Gasteiger partial charge in [-0.25, -0.2) is 4.79 Å². The van der Waals surface area contributed by atoms with Gasteiger partial charge in [0.05, 0.1) is 22.3 Å². The largest absolute Gasteiger partial charge is 0.484 e. The van der Waals surface area contributed by atoms with Crippen molar-refractivity contribution in [1.29, 1.82) is 0 Å². The molecule has 44 heavy (non-hydrogen) atoms. The molecule has 2 atom stereocenters. The van der Waals surface area contributed by atoms with Gasteiger partial charge >= 0.3 is 5.97 Å². The molecule has 1 aliphatic heterocycles. The quantitative estimate of drug-likeness (QED) is 0.151. The van der Waals surface area contributed by atoms with Gasteiger partial charge < -0.3 is 29.8 Å². The number of benzene rings is 3. The Morgan fingerprint density at radius 3 is 2.50 bits per heavy atom. The van der Waals surface area contributed by atoms with Crippen LogP contribution in [0.5, 0.6) is 5.75 Å². The molecule has 3 aromatic carbocycles. The number of amides is 1. The highest BCUT2D eigenvalue weighted by Gasteiger charge is 2.42. The van der Waals surface area contributed by atoms with Gasteiger partial charge in [0.15, 0.2) is 11.7 Å². The first-order valence-corrected chi connectivity index (χ1v) is 14.4. The highest BCUT2D eigenvalue weighted by Crippen LogP contribution is 2.43. The van der Waals surface area contributed by atoms with E-state index in [-0.39, 0.29) is 24.1 Å². The number of thiocarbonyl (C=S) groups is 1. The molecular weight excluding hydrogens is 600 g/mol. The summed E-state index contributed by atoms with van der Waals surface area (Å²) in [6.07, 6.45) is 1.71. The number of para-hydroxylation sites is 1. The number of rotatable bonds is 9. The Morgan fingerprint density at radius 2 is 1.77 bits per heavy atom. The van der Waals surface area contributed by atoms with Gasteiger partial charge in [-0.1, -0.05) is 35.9 Å². The number of nitrogens with zero attached hydrogens (tertiary/aromatic N) is 2. The number of aromatic carboxylic acids is 1. The molecule has 1 amide bonds. The van der Waals surface area contributed by atoms with Crippen molar-refractivity contribution in [2.45, 2.75) is 12.1 Å². The summed E-state index contributed by atoms with van der Waals surface area (Å²) in [5, 5.41) is 16.5. The van der Waals surface area contributed by atoms with Gasteiger partial charge in [0.25, 0.3) is 5.91 Å². The highest BCUT2D eigenvalue weighted by molar-refractivity contribution is 7.80. The lowest BCUT2D eigenvalue weighted by Crippen LogP contribution is -2.29. The van der Waals surface area contributed by atoms with Crippen LogP contribution in [0.25, 0.3) is 11.3 Å². The Morgan fingerprint density at radius 1 is 1.00 bits per heavy atom. The van der Waals surface area contributed by atoms with Crippen molar-refractivity contribution in [2.75, 3.05) is 16.8 Å². The number of carboxylic acids is 1. The summed E-state index contributed by atoms with van der Waals surface area (Å²) in [5.74, 6) is 0.239. The molecule has 5 aromatic rings. The van der Waals surface area contributed by atoms with Crippen LogP contribution < -0.4 is 20.3 Å². The second kappa shape index (κ2) is 12.6. The van der Waals surface area contributed by atoms with Crippen LogP contribution in [0.4, 0.5) is 11.4 Å². The van der Waals surface area contributed by atoms with Gasteiger partial charge in [0.2, 0.25) is 0 Å². The van der Waals surface area contributed by atoms with Crippen molar-refractivity contribution >= 4 is 52.2 Å². The zero-order valence-electron chi connectivity index (χ0n) is 23.0. The van der Waals surface area contributed by atoms with Crippen molar-refractivity contribution in [1.82, 2.24) is 10.3 Å². The van der Waals surface area contributed by atoms with Crippen LogP contribution in [-0.4, -0.2) is 33.7 Å². The Balaban J connectivity index is 1.28. The first-order chi connectivity index (χ1) is 21.4. The van der Waals surface area contributed by atoms with Gasteiger partial charge in [-0.2, -0.15) is 0 Å². The fraction of sp³-hybridized carbons (Fsp3) is 0.0909. The lowest BCUT2D eigenvalue weighted by atomic mass is 10.0. The van der Waals surface area contributed by atoms with Crippen molar-refractivity contribution in [3.63, 3.8) is 0 Å². The standard InChI is InChI=1S/C33H25ClN4O5S/c34-25-14-9-20(32(40)41)18-24(25)27-15-16-28(43-27)31-30(26-8-4-5-17-35-26)37-33(44)38(31)22-12-10-21(11-13-22)36-29(39)19-42-23-6-2-1-3-7-23/h1-18,30-31H,19H2,(H,36,39)(H,37,44)(H,40,41)/t30-,31+/m0/s1. The van der Waals surface area contributed by atoms with Crippen LogP contribution in [-0.2, 0) is 4.79 Å². The summed E-state index contributed by atoms with van der Waals surface area (Å²) in [6.45, 7) is -0.125. The fourth-order valence-electron chi connectivity index (χ4n) is 4.99. The summed E-state index contributed by atoms with van der Waals surface area (Å²) >= 11 is 12.2. The van der Waals surface area contributed by atoms with Gasteiger partial charge in [-0.05, 0) is 91.1 Å². The molecule has 0 saturated carbocycles. The second-order valence-corrected chi connectivity index (χ2v) is 10.7. The molecule has 6 rings (SSSR count). The number of hydrogen-bond acceptors (Lipinski definition) is 6. The molecular formula is C33H25ClN4O5S. The number of aromatic nitrogens is 1. The maximum Gasteiger partial charge on any atom is 0.335 e. The first kappa shape index (κ1) is 28.9. The molecule has 1 saturated heterocycles. The molecule has 1 aliphatic rings. The Labute approximate surface area is 263 Å². The maximum absolute atomic E-state index is 12.5. The Kier molecular flexibility index (Phi) is 8.27. The van der Waals surface area contributed by atoms with Crippen molar-refractivity contribution < 1.29 is 23.8 Å². The third kappa shape index (κ3) is 6.12. The van der Waals surface area contributed by atoms with E-state index in [4.69, 9.17) is 33.0 Å². The van der Waals surface area contributed by atoms with E-state index in [0.717, 1.165) is 11.4 Å². The number of carboxylic acid groups (broad SMARTS) is 1. The lowest BCUT2D eigenvalue weighted by molar-refractivity contribution is -0.118. The van der Waals surface area contributed by atoms with E-state index in [1.807, 2.05) is 59.5 Å². The number of halogens is 1. The zero-order chi connectivity index (χ0) is 30.6. The molecule has 1 fully saturated rings. The second-order valence-electron chi connectivity index (χ2n) is 9.90. The normalized spacial score (nSPS) is 15.9. The predicted molar refractivity (Wildman–Crippen MR) is 171 cm³/mol. The average molecular weight is 625 g/mol. The lowest BCUT2D eigenvalue weighted by Gasteiger charge is -2.26. The van der Waals surface area contributed by atoms with Gasteiger partial charge in [-0.3, -0.25) is 9.78 Å². The molecule has 3 heterocycles. The number of carbonyl (C=O) groups is 2. The van der Waals surface area contributed by atoms with E-state index < -0.39 is 12.0 Å². The third-order valence-corrected chi connectivity index (χ3v) is 7.68. The first-order valence-electron chi connectivity index (χ1n) is 13.6. The SMILES string of the molecule is O=C(COc1ccccc1)Nc1ccc(N2C(=S)N[C@@H](c3ccccn3)[C@H]2c2ccc(-c3cc(C(=O)O)ccc3Cl)o2)cc1. The van der Waals surface area contributed by atoms with Gasteiger partial charge in [0.1, 0.15) is 23.3 Å². The molecule has 0 radical (unpaired) electrons. The molecule has 11 heteroatoms. The van der Waals surface area contributed by atoms with Crippen LogP contribution in [0, 0.1) is 0 Å². The van der Waals surface area contributed by atoms with Gasteiger partial charge in [0, 0.05) is 23.1 Å². The number of furan rings is 1. The van der Waals surface area contributed by atoms with Crippen molar-refractivity contribution in [2.24, 2.45) is 0 Å². The molecule has 9 nitrogen and oxygen atoms in total. The van der Waals surface area contributed by atoms with Crippen LogP contribution in [0.3, 0.4) is 0 Å².